The molecule has 0 saturated heterocycles. The zero-order chi connectivity index (χ0) is 15.9. The molecule has 0 saturated carbocycles. The molecule has 0 amide bonds. The smallest absolute Gasteiger partial charge is 0.244 e. The summed E-state index contributed by atoms with van der Waals surface area (Å²) in [5.41, 5.74) is 3.76. The Labute approximate surface area is 135 Å². The number of fused-ring (bicyclic) bond motifs is 1. The van der Waals surface area contributed by atoms with Crippen molar-refractivity contribution in [2.75, 3.05) is 14.1 Å². The fourth-order valence-corrected chi connectivity index (χ4v) is 3.79. The molecule has 3 rings (SSSR count). The van der Waals surface area contributed by atoms with E-state index in [-0.39, 0.29) is 4.90 Å². The van der Waals surface area contributed by atoms with Crippen molar-refractivity contribution in [2.45, 2.75) is 11.3 Å². The van der Waals surface area contributed by atoms with Crippen molar-refractivity contribution >= 4 is 27.2 Å². The molecule has 0 atom stereocenters. The van der Waals surface area contributed by atoms with Crippen LogP contribution in [0.5, 0.6) is 0 Å². The highest BCUT2D eigenvalue weighted by atomic mass is 35.5. The highest BCUT2D eigenvalue weighted by molar-refractivity contribution is 7.89. The Morgan fingerprint density at radius 1 is 1.18 bits per heavy atom. The summed E-state index contributed by atoms with van der Waals surface area (Å²) in [6.07, 6.45) is 3.67. The molecule has 6 heteroatoms. The minimum Gasteiger partial charge on any atom is -0.263 e. The van der Waals surface area contributed by atoms with E-state index in [2.05, 4.69) is 4.98 Å². The molecule has 1 aliphatic rings. The molecule has 1 aromatic heterocycles. The van der Waals surface area contributed by atoms with Crippen LogP contribution in [-0.4, -0.2) is 31.8 Å². The van der Waals surface area contributed by atoms with E-state index in [1.807, 2.05) is 24.3 Å². The van der Waals surface area contributed by atoms with E-state index >= 15 is 0 Å². The molecule has 2 aromatic rings. The maximum absolute atomic E-state index is 12.3. The third-order valence-electron chi connectivity index (χ3n) is 3.68. The lowest BCUT2D eigenvalue weighted by atomic mass is 10.0. The van der Waals surface area contributed by atoms with Crippen molar-refractivity contribution in [2.24, 2.45) is 0 Å². The highest BCUT2D eigenvalue weighted by Gasteiger charge is 2.24. The van der Waals surface area contributed by atoms with Gasteiger partial charge in [-0.15, -0.1) is 0 Å². The Kier molecular flexibility index (Phi) is 3.80. The van der Waals surface area contributed by atoms with Gasteiger partial charge in [0.25, 0.3) is 0 Å². The van der Waals surface area contributed by atoms with Crippen molar-refractivity contribution in [3.8, 4) is 0 Å². The summed E-state index contributed by atoms with van der Waals surface area (Å²) in [6.45, 7) is 0. The second kappa shape index (κ2) is 5.50. The third kappa shape index (κ3) is 2.45. The monoisotopic (exact) mass is 334 g/mol. The number of pyridine rings is 1. The van der Waals surface area contributed by atoms with Gasteiger partial charge in [0.2, 0.25) is 10.0 Å². The van der Waals surface area contributed by atoms with Crippen LogP contribution in [0, 0.1) is 0 Å². The summed E-state index contributed by atoms with van der Waals surface area (Å²) >= 11 is 6.40. The van der Waals surface area contributed by atoms with Crippen molar-refractivity contribution < 1.29 is 8.42 Å². The molecule has 0 bridgehead atoms. The van der Waals surface area contributed by atoms with Crippen LogP contribution in [0.15, 0.2) is 52.7 Å². The summed E-state index contributed by atoms with van der Waals surface area (Å²) in [4.78, 5) is 4.25. The van der Waals surface area contributed by atoms with E-state index in [1.54, 1.807) is 12.3 Å². The standard InChI is InChI=1S/C16H15ClN2O2S/c1-19(2)22(20,21)13-7-12(9-18-10-13)16-14-6-4-3-5-11(14)8-15(16)17/h3-7,9-10H,8H2,1-2H3. The zero-order valence-electron chi connectivity index (χ0n) is 12.2. The summed E-state index contributed by atoms with van der Waals surface area (Å²) in [5.74, 6) is 0. The lowest BCUT2D eigenvalue weighted by molar-refractivity contribution is 0.520. The summed E-state index contributed by atoms with van der Waals surface area (Å²) in [7, 11) is -0.520. The zero-order valence-corrected chi connectivity index (χ0v) is 13.8. The number of rotatable bonds is 3. The average Bonchev–Trinajstić information content (AvgIpc) is 2.83. The number of allylic oxidation sites excluding steroid dienone is 1. The average molecular weight is 335 g/mol. The molecule has 22 heavy (non-hydrogen) atoms. The van der Waals surface area contributed by atoms with Crippen LogP contribution in [0.4, 0.5) is 0 Å². The first-order chi connectivity index (χ1) is 10.4. The van der Waals surface area contributed by atoms with Gasteiger partial charge in [0.05, 0.1) is 0 Å². The SMILES string of the molecule is CN(C)S(=O)(=O)c1cncc(C2=C(Cl)Cc3ccccc32)c1. The van der Waals surface area contributed by atoms with Crippen LogP contribution in [0.3, 0.4) is 0 Å². The van der Waals surface area contributed by atoms with Crippen LogP contribution in [-0.2, 0) is 16.4 Å². The molecule has 114 valence electrons. The van der Waals surface area contributed by atoms with E-state index in [9.17, 15) is 8.42 Å². The maximum atomic E-state index is 12.3. The van der Waals surface area contributed by atoms with Crippen molar-refractivity contribution in [1.29, 1.82) is 0 Å². The largest absolute Gasteiger partial charge is 0.263 e. The van der Waals surface area contributed by atoms with Crippen LogP contribution in [0.25, 0.3) is 5.57 Å². The van der Waals surface area contributed by atoms with Gasteiger partial charge in [0.15, 0.2) is 0 Å². The molecule has 0 unspecified atom stereocenters. The molecule has 0 spiro atoms. The Morgan fingerprint density at radius 2 is 1.91 bits per heavy atom. The first kappa shape index (κ1) is 15.2. The van der Waals surface area contributed by atoms with Crippen LogP contribution in [0.2, 0.25) is 0 Å². The molecule has 1 aliphatic carbocycles. The number of hydrogen-bond acceptors (Lipinski definition) is 3. The third-order valence-corrected chi connectivity index (χ3v) is 5.79. The molecule has 0 aliphatic heterocycles. The maximum Gasteiger partial charge on any atom is 0.244 e. The van der Waals surface area contributed by atoms with E-state index in [4.69, 9.17) is 11.6 Å². The van der Waals surface area contributed by atoms with E-state index in [0.717, 1.165) is 22.3 Å². The van der Waals surface area contributed by atoms with Crippen LogP contribution in [0.1, 0.15) is 16.7 Å². The van der Waals surface area contributed by atoms with Gasteiger partial charge in [-0.2, -0.15) is 0 Å². The van der Waals surface area contributed by atoms with E-state index in [1.165, 1.54) is 24.6 Å². The first-order valence-corrected chi connectivity index (χ1v) is 8.58. The number of nitrogens with zero attached hydrogens (tertiary/aromatic N) is 2. The quantitative estimate of drug-likeness (QED) is 0.867. The van der Waals surface area contributed by atoms with Gasteiger partial charge < -0.3 is 0 Å². The van der Waals surface area contributed by atoms with Crippen molar-refractivity contribution in [3.05, 3.63) is 64.4 Å². The highest BCUT2D eigenvalue weighted by Crippen LogP contribution is 2.39. The molecule has 0 fully saturated rings. The van der Waals surface area contributed by atoms with Gasteiger partial charge >= 0.3 is 0 Å². The summed E-state index contributed by atoms with van der Waals surface area (Å²) in [5, 5.41) is 0.711. The van der Waals surface area contributed by atoms with Crippen LogP contribution >= 0.6 is 11.6 Å². The topological polar surface area (TPSA) is 50.3 Å². The predicted molar refractivity (Wildman–Crippen MR) is 87.1 cm³/mol. The molecule has 0 radical (unpaired) electrons. The van der Waals surface area contributed by atoms with Gasteiger partial charge in [0.1, 0.15) is 4.90 Å². The Hall–Kier alpha value is -1.69. The predicted octanol–water partition coefficient (Wildman–Crippen LogP) is 2.89. The molecule has 1 heterocycles. The Morgan fingerprint density at radius 3 is 2.64 bits per heavy atom. The normalized spacial score (nSPS) is 14.5. The molecular weight excluding hydrogens is 320 g/mol. The van der Waals surface area contributed by atoms with Gasteiger partial charge in [-0.1, -0.05) is 35.9 Å². The lowest BCUT2D eigenvalue weighted by Crippen LogP contribution is -2.22. The van der Waals surface area contributed by atoms with Gasteiger partial charge in [-0.05, 0) is 17.2 Å². The fourth-order valence-electron chi connectivity index (χ4n) is 2.54. The fraction of sp³-hybridized carbons (Fsp3) is 0.188. The Bertz CT molecular complexity index is 873. The summed E-state index contributed by atoms with van der Waals surface area (Å²) < 4.78 is 25.7. The van der Waals surface area contributed by atoms with Gasteiger partial charge in [-0.3, -0.25) is 4.98 Å². The van der Waals surface area contributed by atoms with Crippen molar-refractivity contribution in [1.82, 2.24) is 9.29 Å². The number of hydrogen-bond donors (Lipinski definition) is 0. The minimum absolute atomic E-state index is 0.163. The summed E-state index contributed by atoms with van der Waals surface area (Å²) in [6, 6.07) is 9.56. The number of aromatic nitrogens is 1. The van der Waals surface area contributed by atoms with Crippen molar-refractivity contribution in [3.63, 3.8) is 0 Å². The van der Waals surface area contributed by atoms with E-state index in [0.29, 0.717) is 11.5 Å². The molecule has 4 nitrogen and oxygen atoms in total. The molecule has 1 aromatic carbocycles. The van der Waals surface area contributed by atoms with Gasteiger partial charge in [-0.25, -0.2) is 12.7 Å². The molecule has 0 N–H and O–H groups in total. The number of benzene rings is 1. The van der Waals surface area contributed by atoms with Gasteiger partial charge in [0, 0.05) is 49.1 Å². The second-order valence-corrected chi connectivity index (χ2v) is 7.92. The minimum atomic E-state index is -3.52. The second-order valence-electron chi connectivity index (χ2n) is 5.31. The number of halogens is 1. The van der Waals surface area contributed by atoms with E-state index < -0.39 is 10.0 Å². The molecular formula is C16H15ClN2O2S. The number of sulfonamides is 1. The first-order valence-electron chi connectivity index (χ1n) is 6.76. The van der Waals surface area contributed by atoms with Crippen LogP contribution < -0.4 is 0 Å². The lowest BCUT2D eigenvalue weighted by Gasteiger charge is -2.13. The Balaban J connectivity index is 2.14.